The van der Waals surface area contributed by atoms with Crippen molar-refractivity contribution in [2.45, 2.75) is 50.7 Å². The van der Waals surface area contributed by atoms with Crippen LogP contribution in [-0.2, 0) is 6.18 Å². The number of nitrogens with zero attached hydrogens (tertiary/aromatic N) is 1. The van der Waals surface area contributed by atoms with E-state index in [1.165, 1.54) is 6.42 Å². The average Bonchev–Trinajstić information content (AvgIpc) is 2.87. The molecule has 5 rings (SSSR count). The minimum absolute atomic E-state index is 0.0329. The molecule has 2 aliphatic rings. The summed E-state index contributed by atoms with van der Waals surface area (Å²) < 4.78 is 52.9. The van der Waals surface area contributed by atoms with Gasteiger partial charge in [0.25, 0.3) is 11.8 Å². The summed E-state index contributed by atoms with van der Waals surface area (Å²) in [7, 11) is 0. The predicted molar refractivity (Wildman–Crippen MR) is 129 cm³/mol. The van der Waals surface area contributed by atoms with Gasteiger partial charge < -0.3 is 10.2 Å². The Balaban J connectivity index is 1.44. The zero-order valence-electron chi connectivity index (χ0n) is 19.6. The summed E-state index contributed by atoms with van der Waals surface area (Å²) in [5, 5.41) is 3.86. The van der Waals surface area contributed by atoms with Crippen molar-refractivity contribution >= 4 is 28.3 Å². The van der Waals surface area contributed by atoms with Gasteiger partial charge in [-0.15, -0.1) is 0 Å². The third-order valence-electron chi connectivity index (χ3n) is 7.45. The molecule has 1 heterocycles. The van der Waals surface area contributed by atoms with Crippen LogP contribution in [0.15, 0.2) is 54.6 Å². The number of alkyl halides is 3. The normalized spacial score (nSPS) is 20.2. The van der Waals surface area contributed by atoms with Crippen molar-refractivity contribution in [3.63, 3.8) is 0 Å². The van der Waals surface area contributed by atoms with Crippen LogP contribution in [0.3, 0.4) is 0 Å². The number of rotatable bonds is 3. The lowest BCUT2D eigenvalue weighted by Gasteiger charge is -2.44. The zero-order valence-corrected chi connectivity index (χ0v) is 19.6. The molecule has 2 atom stereocenters. The molecule has 3 aromatic rings. The highest BCUT2D eigenvalue weighted by molar-refractivity contribution is 6.14. The minimum Gasteiger partial charge on any atom is -0.335 e. The highest BCUT2D eigenvalue weighted by atomic mass is 19.4. The van der Waals surface area contributed by atoms with Crippen LogP contribution in [-0.4, -0.2) is 29.3 Å². The van der Waals surface area contributed by atoms with Crippen molar-refractivity contribution in [1.82, 2.24) is 4.90 Å². The van der Waals surface area contributed by atoms with Crippen molar-refractivity contribution in [3.8, 4) is 0 Å². The number of hydrogen-bond donors (Lipinski definition) is 1. The number of piperidine rings is 1. The summed E-state index contributed by atoms with van der Waals surface area (Å²) in [6.45, 7) is 0.722. The first-order chi connectivity index (χ1) is 17.2. The lowest BCUT2D eigenvalue weighted by molar-refractivity contribution is -0.137. The van der Waals surface area contributed by atoms with E-state index in [9.17, 15) is 27.2 Å². The molecule has 2 fully saturated rings. The van der Waals surface area contributed by atoms with Crippen LogP contribution >= 0.6 is 0 Å². The Labute approximate surface area is 206 Å². The molecule has 8 heteroatoms. The summed E-state index contributed by atoms with van der Waals surface area (Å²) in [6, 6.07) is 12.5. The summed E-state index contributed by atoms with van der Waals surface area (Å²) in [4.78, 5) is 28.4. The van der Waals surface area contributed by atoms with Gasteiger partial charge in [-0.1, -0.05) is 37.1 Å². The van der Waals surface area contributed by atoms with E-state index in [0.717, 1.165) is 44.7 Å². The van der Waals surface area contributed by atoms with Gasteiger partial charge in [0.2, 0.25) is 0 Å². The fraction of sp³-hybridized carbons (Fsp3) is 0.357. The Kier molecular flexibility index (Phi) is 6.45. The van der Waals surface area contributed by atoms with E-state index < -0.39 is 29.0 Å². The second kappa shape index (κ2) is 9.56. The third-order valence-corrected chi connectivity index (χ3v) is 7.45. The number of fused-ring (bicyclic) bond motifs is 2. The molecule has 2 amide bonds. The highest BCUT2D eigenvalue weighted by Gasteiger charge is 2.36. The van der Waals surface area contributed by atoms with Crippen LogP contribution in [0.2, 0.25) is 0 Å². The molecule has 188 valence electrons. The Morgan fingerprint density at radius 1 is 0.861 bits per heavy atom. The fourth-order valence-electron chi connectivity index (χ4n) is 5.69. The molecular formula is C28H26F4N2O2. The van der Waals surface area contributed by atoms with Gasteiger partial charge in [0.15, 0.2) is 0 Å². The monoisotopic (exact) mass is 498 g/mol. The maximum Gasteiger partial charge on any atom is 0.416 e. The molecule has 4 nitrogen and oxygen atoms in total. The maximum atomic E-state index is 14.3. The molecule has 1 saturated carbocycles. The van der Waals surface area contributed by atoms with E-state index in [2.05, 4.69) is 5.32 Å². The van der Waals surface area contributed by atoms with Gasteiger partial charge in [-0.25, -0.2) is 4.39 Å². The SMILES string of the molecule is O=C(Nc1ccc(C(=O)N2CCCC3CCCCC32)c2ccccc12)c1ccc(C(F)(F)F)cc1F. The number of hydrogen-bond acceptors (Lipinski definition) is 2. The number of carbonyl (C=O) groups excluding carboxylic acids is 2. The van der Waals surface area contributed by atoms with Crippen LogP contribution in [0.1, 0.15) is 64.8 Å². The first kappa shape index (κ1) is 24.3. The summed E-state index contributed by atoms with van der Waals surface area (Å²) >= 11 is 0. The van der Waals surface area contributed by atoms with Crippen LogP contribution in [0.25, 0.3) is 10.8 Å². The standard InChI is InChI=1S/C28H26F4N2O2/c29-23-16-18(28(30,31)32)11-12-22(23)26(35)33-24-14-13-21(19-8-2-3-9-20(19)24)27(36)34-15-5-7-17-6-1-4-10-25(17)34/h2-3,8-9,11-14,16-17,25H,1,4-7,10,15H2,(H,33,35). The second-order valence-corrected chi connectivity index (χ2v) is 9.61. The van der Waals surface area contributed by atoms with E-state index in [-0.39, 0.29) is 11.9 Å². The summed E-state index contributed by atoms with van der Waals surface area (Å²) in [6.07, 6.45) is 1.93. The molecule has 1 aliphatic heterocycles. The van der Waals surface area contributed by atoms with E-state index in [0.29, 0.717) is 40.1 Å². The van der Waals surface area contributed by atoms with E-state index in [1.807, 2.05) is 4.90 Å². The van der Waals surface area contributed by atoms with Crippen LogP contribution < -0.4 is 5.32 Å². The summed E-state index contributed by atoms with van der Waals surface area (Å²) in [5.74, 6) is -1.62. The Hall–Kier alpha value is -3.42. The third kappa shape index (κ3) is 4.56. The van der Waals surface area contributed by atoms with Gasteiger partial charge >= 0.3 is 6.18 Å². The Bertz CT molecular complexity index is 1320. The van der Waals surface area contributed by atoms with Crippen molar-refractivity contribution < 1.29 is 27.2 Å². The first-order valence-electron chi connectivity index (χ1n) is 12.2. The predicted octanol–water partition coefficient (Wildman–Crippen LogP) is 7.04. The smallest absolute Gasteiger partial charge is 0.335 e. The quantitative estimate of drug-likeness (QED) is 0.394. The van der Waals surface area contributed by atoms with Crippen molar-refractivity contribution in [3.05, 3.63) is 77.1 Å². The topological polar surface area (TPSA) is 49.4 Å². The number of likely N-dealkylation sites (tertiary alicyclic amines) is 1. The number of carbonyl (C=O) groups is 2. The molecule has 0 aromatic heterocycles. The summed E-state index contributed by atoms with van der Waals surface area (Å²) in [5.41, 5.74) is -0.775. The molecule has 2 unspecified atom stereocenters. The largest absolute Gasteiger partial charge is 0.416 e. The molecule has 0 spiro atoms. The number of anilines is 1. The van der Waals surface area contributed by atoms with Crippen molar-refractivity contribution in [1.29, 1.82) is 0 Å². The molecule has 36 heavy (non-hydrogen) atoms. The zero-order chi connectivity index (χ0) is 25.4. The Morgan fingerprint density at radius 3 is 2.31 bits per heavy atom. The van der Waals surface area contributed by atoms with Crippen LogP contribution in [0.4, 0.5) is 23.2 Å². The average molecular weight is 499 g/mol. The number of halogens is 4. The van der Waals surface area contributed by atoms with Gasteiger partial charge in [-0.2, -0.15) is 13.2 Å². The molecular weight excluding hydrogens is 472 g/mol. The lowest BCUT2D eigenvalue weighted by Crippen LogP contribution is -2.49. The van der Waals surface area contributed by atoms with Crippen LogP contribution in [0, 0.1) is 11.7 Å². The van der Waals surface area contributed by atoms with Gasteiger partial charge in [0, 0.05) is 29.2 Å². The molecule has 3 aromatic carbocycles. The fourth-order valence-corrected chi connectivity index (χ4v) is 5.69. The molecule has 1 aliphatic carbocycles. The first-order valence-corrected chi connectivity index (χ1v) is 12.2. The van der Waals surface area contributed by atoms with Gasteiger partial charge in [-0.05, 0) is 67.3 Å². The highest BCUT2D eigenvalue weighted by Crippen LogP contribution is 2.37. The van der Waals surface area contributed by atoms with Crippen LogP contribution in [0.5, 0.6) is 0 Å². The van der Waals surface area contributed by atoms with Crippen molar-refractivity contribution in [2.24, 2.45) is 5.92 Å². The minimum atomic E-state index is -4.71. The Morgan fingerprint density at radius 2 is 1.56 bits per heavy atom. The number of nitrogens with one attached hydrogen (secondary N) is 1. The van der Waals surface area contributed by atoms with Gasteiger partial charge in [0.1, 0.15) is 5.82 Å². The number of benzene rings is 3. The second-order valence-electron chi connectivity index (χ2n) is 9.61. The van der Waals surface area contributed by atoms with Gasteiger partial charge in [-0.3, -0.25) is 9.59 Å². The maximum absolute atomic E-state index is 14.3. The molecule has 0 radical (unpaired) electrons. The molecule has 0 bridgehead atoms. The van der Waals surface area contributed by atoms with Crippen molar-refractivity contribution in [2.75, 3.05) is 11.9 Å². The number of amides is 2. The molecule has 1 saturated heterocycles. The lowest BCUT2D eigenvalue weighted by atomic mass is 9.78. The van der Waals surface area contributed by atoms with E-state index in [4.69, 9.17) is 0 Å². The van der Waals surface area contributed by atoms with Gasteiger partial charge in [0.05, 0.1) is 11.1 Å². The van der Waals surface area contributed by atoms with E-state index >= 15 is 0 Å². The van der Waals surface area contributed by atoms with E-state index in [1.54, 1.807) is 36.4 Å². The molecule has 1 N–H and O–H groups in total.